The predicted octanol–water partition coefficient (Wildman–Crippen LogP) is 1.11. The molecule has 1 aromatic heterocycles. The van der Waals surface area contributed by atoms with Crippen molar-refractivity contribution < 1.29 is 14.3 Å². The lowest BCUT2D eigenvalue weighted by atomic mass is 10.1. The molecule has 25 heavy (non-hydrogen) atoms. The van der Waals surface area contributed by atoms with E-state index in [1.165, 1.54) is 6.92 Å². The van der Waals surface area contributed by atoms with Gasteiger partial charge in [-0.3, -0.25) is 14.4 Å². The van der Waals surface area contributed by atoms with Crippen LogP contribution in [0.4, 0.5) is 0 Å². The Morgan fingerprint density at radius 1 is 1.16 bits per heavy atom. The number of rotatable bonds is 8. The van der Waals surface area contributed by atoms with Crippen LogP contribution >= 0.6 is 0 Å². The molecule has 0 aliphatic carbocycles. The highest BCUT2D eigenvalue weighted by Crippen LogP contribution is 2.18. The van der Waals surface area contributed by atoms with E-state index in [0.29, 0.717) is 42.8 Å². The van der Waals surface area contributed by atoms with E-state index in [4.69, 9.17) is 4.74 Å². The van der Waals surface area contributed by atoms with E-state index in [2.05, 4.69) is 15.6 Å². The summed E-state index contributed by atoms with van der Waals surface area (Å²) in [6.45, 7) is 2.48. The van der Waals surface area contributed by atoms with Crippen molar-refractivity contribution in [2.45, 2.75) is 26.2 Å². The third kappa shape index (κ3) is 5.63. The van der Waals surface area contributed by atoms with Gasteiger partial charge in [-0.15, -0.1) is 0 Å². The first-order valence-electron chi connectivity index (χ1n) is 8.20. The lowest BCUT2D eigenvalue weighted by Crippen LogP contribution is -2.29. The number of H-pyrrole nitrogens is 1. The standard InChI is InChI=1S/C18H23N3O4/c1-12(22)19-8-3-9-20-17(23)7-5-14-10-13-4-6-15(25-2)11-16(13)21-18(14)24/h4,6,10-11H,3,5,7-9H2,1-2H3,(H,19,22)(H,20,23)(H,21,24). The maximum Gasteiger partial charge on any atom is 0.251 e. The van der Waals surface area contributed by atoms with E-state index in [1.54, 1.807) is 19.2 Å². The molecule has 7 heteroatoms. The van der Waals surface area contributed by atoms with Crippen LogP contribution in [0.15, 0.2) is 29.1 Å². The predicted molar refractivity (Wildman–Crippen MR) is 95.8 cm³/mol. The molecule has 0 saturated carbocycles. The number of benzene rings is 1. The molecule has 1 heterocycles. The maximum atomic E-state index is 12.1. The van der Waals surface area contributed by atoms with E-state index >= 15 is 0 Å². The number of aromatic amines is 1. The minimum absolute atomic E-state index is 0.0838. The number of hydrogen-bond acceptors (Lipinski definition) is 4. The summed E-state index contributed by atoms with van der Waals surface area (Å²) >= 11 is 0. The third-order valence-electron chi connectivity index (χ3n) is 3.80. The van der Waals surface area contributed by atoms with E-state index < -0.39 is 0 Å². The number of hydrogen-bond donors (Lipinski definition) is 3. The summed E-state index contributed by atoms with van der Waals surface area (Å²) in [5, 5.41) is 6.34. The molecule has 0 atom stereocenters. The van der Waals surface area contributed by atoms with Crippen LogP contribution in [0.2, 0.25) is 0 Å². The fraction of sp³-hybridized carbons (Fsp3) is 0.389. The SMILES string of the molecule is COc1ccc2cc(CCC(=O)NCCCNC(C)=O)c(=O)[nH]c2c1. The van der Waals surface area contributed by atoms with Crippen LogP contribution in [-0.4, -0.2) is 37.0 Å². The van der Waals surface area contributed by atoms with E-state index in [9.17, 15) is 14.4 Å². The first-order chi connectivity index (χ1) is 12.0. The highest BCUT2D eigenvalue weighted by molar-refractivity contribution is 5.81. The number of pyridine rings is 1. The summed E-state index contributed by atoms with van der Waals surface area (Å²) in [6, 6.07) is 7.27. The molecule has 0 unspecified atom stereocenters. The Hall–Kier alpha value is -2.83. The number of fused-ring (bicyclic) bond motifs is 1. The van der Waals surface area contributed by atoms with Gasteiger partial charge in [-0.1, -0.05) is 0 Å². The summed E-state index contributed by atoms with van der Waals surface area (Å²) in [4.78, 5) is 37.5. The van der Waals surface area contributed by atoms with Crippen molar-refractivity contribution in [1.29, 1.82) is 0 Å². The van der Waals surface area contributed by atoms with Crippen LogP contribution in [0.1, 0.15) is 25.3 Å². The summed E-state index contributed by atoms with van der Waals surface area (Å²) in [5.41, 5.74) is 1.08. The molecule has 0 spiro atoms. The second-order valence-corrected chi connectivity index (χ2v) is 5.76. The summed E-state index contributed by atoms with van der Waals surface area (Å²) < 4.78 is 5.14. The normalized spacial score (nSPS) is 10.5. The molecule has 2 aromatic rings. The van der Waals surface area contributed by atoms with Gasteiger partial charge in [0, 0.05) is 38.1 Å². The Bertz CT molecular complexity index is 814. The molecule has 2 rings (SSSR count). The zero-order chi connectivity index (χ0) is 18.2. The van der Waals surface area contributed by atoms with Crippen LogP contribution in [0.3, 0.4) is 0 Å². The Balaban J connectivity index is 1.88. The number of carbonyl (C=O) groups is 2. The highest BCUT2D eigenvalue weighted by Gasteiger charge is 2.07. The van der Waals surface area contributed by atoms with E-state index in [1.807, 2.05) is 12.1 Å². The van der Waals surface area contributed by atoms with Crippen LogP contribution in [0.25, 0.3) is 10.9 Å². The van der Waals surface area contributed by atoms with Gasteiger partial charge < -0.3 is 20.4 Å². The quantitative estimate of drug-likeness (QED) is 0.624. The number of methoxy groups -OCH3 is 1. The zero-order valence-electron chi connectivity index (χ0n) is 14.5. The van der Waals surface area contributed by atoms with Gasteiger partial charge in [0.2, 0.25) is 11.8 Å². The fourth-order valence-electron chi connectivity index (χ4n) is 2.46. The first kappa shape index (κ1) is 18.5. The molecule has 0 bridgehead atoms. The second-order valence-electron chi connectivity index (χ2n) is 5.76. The molecule has 1 aromatic carbocycles. The smallest absolute Gasteiger partial charge is 0.251 e. The number of ether oxygens (including phenoxy) is 1. The maximum absolute atomic E-state index is 12.1. The Morgan fingerprint density at radius 3 is 2.64 bits per heavy atom. The van der Waals surface area contributed by atoms with Crippen molar-refractivity contribution in [2.75, 3.05) is 20.2 Å². The Labute approximate surface area is 145 Å². The van der Waals surface area contributed by atoms with Crippen molar-refractivity contribution in [3.63, 3.8) is 0 Å². The summed E-state index contributed by atoms with van der Waals surface area (Å²) in [7, 11) is 1.57. The zero-order valence-corrected chi connectivity index (χ0v) is 14.5. The first-order valence-corrected chi connectivity index (χ1v) is 8.20. The van der Waals surface area contributed by atoms with Crippen molar-refractivity contribution in [3.8, 4) is 5.75 Å². The minimum atomic E-state index is -0.195. The van der Waals surface area contributed by atoms with E-state index in [0.717, 1.165) is 5.39 Å². The molecule has 0 aliphatic rings. The van der Waals surface area contributed by atoms with Gasteiger partial charge in [0.15, 0.2) is 0 Å². The van der Waals surface area contributed by atoms with Gasteiger partial charge in [0.25, 0.3) is 5.56 Å². The average Bonchev–Trinajstić information content (AvgIpc) is 2.58. The van der Waals surface area contributed by atoms with Crippen molar-refractivity contribution in [3.05, 3.63) is 40.2 Å². The molecule has 0 fully saturated rings. The summed E-state index contributed by atoms with van der Waals surface area (Å²) in [5.74, 6) is 0.478. The van der Waals surface area contributed by atoms with Gasteiger partial charge in [0.1, 0.15) is 5.75 Å². The average molecular weight is 345 g/mol. The molecule has 134 valence electrons. The van der Waals surface area contributed by atoms with E-state index in [-0.39, 0.29) is 23.8 Å². The Morgan fingerprint density at radius 2 is 1.92 bits per heavy atom. The van der Waals surface area contributed by atoms with Crippen LogP contribution in [0, 0.1) is 0 Å². The second kappa shape index (κ2) is 8.86. The summed E-state index contributed by atoms with van der Waals surface area (Å²) in [6.07, 6.45) is 1.28. The minimum Gasteiger partial charge on any atom is -0.497 e. The monoisotopic (exact) mass is 345 g/mol. The molecule has 0 radical (unpaired) electrons. The molecule has 3 N–H and O–H groups in total. The van der Waals surface area contributed by atoms with Gasteiger partial charge >= 0.3 is 0 Å². The number of aromatic nitrogens is 1. The fourth-order valence-corrected chi connectivity index (χ4v) is 2.46. The molecule has 0 aliphatic heterocycles. The van der Waals surface area contributed by atoms with Gasteiger partial charge in [-0.05, 0) is 36.4 Å². The van der Waals surface area contributed by atoms with Gasteiger partial charge in [0.05, 0.1) is 12.6 Å². The van der Waals surface area contributed by atoms with Crippen molar-refractivity contribution in [1.82, 2.24) is 15.6 Å². The molecular weight excluding hydrogens is 322 g/mol. The van der Waals surface area contributed by atoms with Gasteiger partial charge in [-0.2, -0.15) is 0 Å². The topological polar surface area (TPSA) is 100 Å². The third-order valence-corrected chi connectivity index (χ3v) is 3.80. The molecular formula is C18H23N3O4. The molecule has 2 amide bonds. The number of amides is 2. The van der Waals surface area contributed by atoms with Crippen LogP contribution < -0.4 is 20.9 Å². The lowest BCUT2D eigenvalue weighted by molar-refractivity contribution is -0.121. The highest BCUT2D eigenvalue weighted by atomic mass is 16.5. The molecule has 7 nitrogen and oxygen atoms in total. The van der Waals surface area contributed by atoms with Crippen LogP contribution in [-0.2, 0) is 16.0 Å². The largest absolute Gasteiger partial charge is 0.497 e. The number of nitrogens with one attached hydrogen (secondary N) is 3. The van der Waals surface area contributed by atoms with Gasteiger partial charge in [-0.25, -0.2) is 0 Å². The number of aryl methyl sites for hydroxylation is 1. The molecule has 0 saturated heterocycles. The van der Waals surface area contributed by atoms with Crippen LogP contribution in [0.5, 0.6) is 5.75 Å². The lowest BCUT2D eigenvalue weighted by Gasteiger charge is -2.07. The Kier molecular flexibility index (Phi) is 6.56. The van der Waals surface area contributed by atoms with Crippen molar-refractivity contribution >= 4 is 22.7 Å². The van der Waals surface area contributed by atoms with Crippen molar-refractivity contribution in [2.24, 2.45) is 0 Å². The number of carbonyl (C=O) groups excluding carboxylic acids is 2.